The molecule has 0 heterocycles. The van der Waals surface area contributed by atoms with Gasteiger partial charge in [-0.25, -0.2) is 0 Å². The Bertz CT molecular complexity index is 448. The average molecular weight is 266 g/mol. The third kappa shape index (κ3) is 3.61. The quantitative estimate of drug-likeness (QED) is 0.782. The van der Waals surface area contributed by atoms with Crippen molar-refractivity contribution in [2.45, 2.75) is 25.8 Å². The summed E-state index contributed by atoms with van der Waals surface area (Å²) >= 11 is 0. The molecule has 106 valence electrons. The molecule has 0 saturated heterocycles. The Kier molecular flexibility index (Phi) is 5.18. The van der Waals surface area contributed by atoms with E-state index in [9.17, 15) is 4.79 Å². The van der Waals surface area contributed by atoms with Crippen molar-refractivity contribution in [1.29, 1.82) is 0 Å². The molecule has 0 aromatic heterocycles. The van der Waals surface area contributed by atoms with E-state index >= 15 is 0 Å². The summed E-state index contributed by atoms with van der Waals surface area (Å²) < 4.78 is 10.5. The molecule has 0 fully saturated rings. The van der Waals surface area contributed by atoms with E-state index < -0.39 is 5.54 Å². The third-order valence-corrected chi connectivity index (χ3v) is 3.12. The van der Waals surface area contributed by atoms with Gasteiger partial charge in [-0.05, 0) is 31.2 Å². The van der Waals surface area contributed by atoms with Crippen molar-refractivity contribution < 1.29 is 14.3 Å². The van der Waals surface area contributed by atoms with Crippen LogP contribution in [0.15, 0.2) is 18.2 Å². The molecule has 1 aromatic rings. The largest absolute Gasteiger partial charge is 0.493 e. The van der Waals surface area contributed by atoms with Crippen molar-refractivity contribution >= 4 is 5.91 Å². The fourth-order valence-electron chi connectivity index (χ4n) is 2.18. The van der Waals surface area contributed by atoms with Crippen LogP contribution in [0.4, 0.5) is 0 Å². The van der Waals surface area contributed by atoms with Crippen molar-refractivity contribution in [2.75, 3.05) is 20.8 Å². The fraction of sp³-hybridized carbons (Fsp3) is 0.500. The van der Waals surface area contributed by atoms with Crippen LogP contribution in [0, 0.1) is 0 Å². The molecular formula is C14H22N2O3. The van der Waals surface area contributed by atoms with E-state index in [1.165, 1.54) is 0 Å². The molecule has 0 aliphatic heterocycles. The summed E-state index contributed by atoms with van der Waals surface area (Å²) in [5.41, 5.74) is 5.76. The van der Waals surface area contributed by atoms with E-state index in [2.05, 4.69) is 5.32 Å². The maximum Gasteiger partial charge on any atom is 0.219 e. The second kappa shape index (κ2) is 6.43. The van der Waals surface area contributed by atoms with E-state index in [-0.39, 0.29) is 12.3 Å². The summed E-state index contributed by atoms with van der Waals surface area (Å²) in [6.07, 6.45) is 0.219. The van der Waals surface area contributed by atoms with E-state index in [4.69, 9.17) is 15.2 Å². The fourth-order valence-corrected chi connectivity index (χ4v) is 2.18. The molecular weight excluding hydrogens is 244 g/mol. The highest BCUT2D eigenvalue weighted by Crippen LogP contribution is 2.33. The normalized spacial score (nSPS) is 13.7. The number of hydrogen-bond acceptors (Lipinski definition) is 4. The van der Waals surface area contributed by atoms with Gasteiger partial charge in [0.1, 0.15) is 0 Å². The summed E-state index contributed by atoms with van der Waals surface area (Å²) in [6.45, 7) is 4.67. The Labute approximate surface area is 114 Å². The molecule has 0 aliphatic rings. The van der Waals surface area contributed by atoms with Gasteiger partial charge in [-0.15, -0.1) is 0 Å². The first-order chi connectivity index (χ1) is 8.96. The van der Waals surface area contributed by atoms with Crippen LogP contribution in [0.25, 0.3) is 0 Å². The Balaban J connectivity index is 3.19. The summed E-state index contributed by atoms with van der Waals surface area (Å²) in [5, 5.41) is 3.30. The Morgan fingerprint density at radius 3 is 2.42 bits per heavy atom. The lowest BCUT2D eigenvalue weighted by Crippen LogP contribution is -2.42. The zero-order valence-corrected chi connectivity index (χ0v) is 11.9. The van der Waals surface area contributed by atoms with Gasteiger partial charge in [0.05, 0.1) is 14.2 Å². The van der Waals surface area contributed by atoms with Gasteiger partial charge in [-0.2, -0.15) is 0 Å². The molecule has 0 radical (unpaired) electrons. The lowest BCUT2D eigenvalue weighted by atomic mass is 9.88. The minimum Gasteiger partial charge on any atom is -0.493 e. The molecule has 5 nitrogen and oxygen atoms in total. The smallest absolute Gasteiger partial charge is 0.219 e. The number of rotatable bonds is 7. The molecule has 1 rings (SSSR count). The average Bonchev–Trinajstić information content (AvgIpc) is 2.37. The molecule has 19 heavy (non-hydrogen) atoms. The van der Waals surface area contributed by atoms with Gasteiger partial charge in [0.15, 0.2) is 11.5 Å². The molecule has 0 spiro atoms. The summed E-state index contributed by atoms with van der Waals surface area (Å²) in [4.78, 5) is 11.3. The van der Waals surface area contributed by atoms with Crippen molar-refractivity contribution in [2.24, 2.45) is 5.73 Å². The standard InChI is InChI=1S/C14H22N2O3/c1-5-16-14(2,9-13(15)17)10-6-7-11(18-3)12(8-10)19-4/h6-8,16H,5,9H2,1-4H3,(H2,15,17). The van der Waals surface area contributed by atoms with Crippen LogP contribution in [0.1, 0.15) is 25.8 Å². The lowest BCUT2D eigenvalue weighted by Gasteiger charge is -2.30. The van der Waals surface area contributed by atoms with Crippen molar-refractivity contribution in [3.8, 4) is 11.5 Å². The highest BCUT2D eigenvalue weighted by Gasteiger charge is 2.28. The summed E-state index contributed by atoms with van der Waals surface area (Å²) in [6, 6.07) is 5.60. The molecule has 0 saturated carbocycles. The van der Waals surface area contributed by atoms with Gasteiger partial charge < -0.3 is 20.5 Å². The number of nitrogens with one attached hydrogen (secondary N) is 1. The molecule has 1 atom stereocenters. The first-order valence-electron chi connectivity index (χ1n) is 6.22. The second-order valence-corrected chi connectivity index (χ2v) is 4.58. The first-order valence-corrected chi connectivity index (χ1v) is 6.22. The van der Waals surface area contributed by atoms with Gasteiger partial charge in [0.2, 0.25) is 5.91 Å². The van der Waals surface area contributed by atoms with E-state index in [0.717, 1.165) is 12.1 Å². The highest BCUT2D eigenvalue weighted by atomic mass is 16.5. The topological polar surface area (TPSA) is 73.6 Å². The number of primary amides is 1. The number of carbonyl (C=O) groups excluding carboxylic acids is 1. The van der Waals surface area contributed by atoms with Crippen LogP contribution in [0.5, 0.6) is 11.5 Å². The second-order valence-electron chi connectivity index (χ2n) is 4.58. The number of benzene rings is 1. The highest BCUT2D eigenvalue weighted by molar-refractivity contribution is 5.75. The number of methoxy groups -OCH3 is 2. The Hall–Kier alpha value is -1.75. The minimum atomic E-state index is -0.514. The van der Waals surface area contributed by atoms with Crippen molar-refractivity contribution in [3.63, 3.8) is 0 Å². The molecule has 0 bridgehead atoms. The third-order valence-electron chi connectivity index (χ3n) is 3.12. The van der Waals surface area contributed by atoms with Gasteiger partial charge in [-0.3, -0.25) is 4.79 Å². The zero-order valence-electron chi connectivity index (χ0n) is 11.9. The number of hydrogen-bond donors (Lipinski definition) is 2. The van der Waals surface area contributed by atoms with Crippen LogP contribution < -0.4 is 20.5 Å². The molecule has 1 aromatic carbocycles. The van der Waals surface area contributed by atoms with Crippen LogP contribution in [0.2, 0.25) is 0 Å². The number of ether oxygens (including phenoxy) is 2. The Morgan fingerprint density at radius 1 is 1.32 bits per heavy atom. The van der Waals surface area contributed by atoms with Crippen molar-refractivity contribution in [1.82, 2.24) is 5.32 Å². The predicted octanol–water partition coefficient (Wildman–Crippen LogP) is 1.40. The zero-order chi connectivity index (χ0) is 14.5. The van der Waals surface area contributed by atoms with Crippen molar-refractivity contribution in [3.05, 3.63) is 23.8 Å². The number of amides is 1. The maximum atomic E-state index is 11.3. The van der Waals surface area contributed by atoms with Gasteiger partial charge in [0.25, 0.3) is 0 Å². The van der Waals surface area contributed by atoms with Crippen LogP contribution in [0.3, 0.4) is 0 Å². The molecule has 1 amide bonds. The predicted molar refractivity (Wildman–Crippen MR) is 74.4 cm³/mol. The SMILES string of the molecule is CCNC(C)(CC(N)=O)c1ccc(OC)c(OC)c1. The maximum absolute atomic E-state index is 11.3. The van der Waals surface area contributed by atoms with Gasteiger partial charge in [0, 0.05) is 12.0 Å². The van der Waals surface area contributed by atoms with Gasteiger partial charge >= 0.3 is 0 Å². The lowest BCUT2D eigenvalue weighted by molar-refractivity contribution is -0.119. The summed E-state index contributed by atoms with van der Waals surface area (Å²) in [5.74, 6) is 0.941. The molecule has 1 unspecified atom stereocenters. The molecule has 0 aliphatic carbocycles. The van der Waals surface area contributed by atoms with Crippen LogP contribution >= 0.6 is 0 Å². The summed E-state index contributed by atoms with van der Waals surface area (Å²) in [7, 11) is 3.17. The van der Waals surface area contributed by atoms with E-state index in [0.29, 0.717) is 11.5 Å². The van der Waals surface area contributed by atoms with E-state index in [1.54, 1.807) is 14.2 Å². The van der Waals surface area contributed by atoms with E-state index in [1.807, 2.05) is 32.0 Å². The van der Waals surface area contributed by atoms with Crippen LogP contribution in [-0.2, 0) is 10.3 Å². The number of nitrogens with two attached hydrogens (primary N) is 1. The monoisotopic (exact) mass is 266 g/mol. The molecule has 3 N–H and O–H groups in total. The molecule has 5 heteroatoms. The van der Waals surface area contributed by atoms with Crippen LogP contribution in [-0.4, -0.2) is 26.7 Å². The minimum absolute atomic E-state index is 0.219. The number of carbonyl (C=O) groups is 1. The Morgan fingerprint density at radius 2 is 1.95 bits per heavy atom. The first kappa shape index (κ1) is 15.3. The van der Waals surface area contributed by atoms with Gasteiger partial charge in [-0.1, -0.05) is 13.0 Å².